The molecule has 0 rings (SSSR count). The zero-order chi connectivity index (χ0) is 8.53. The predicted molar refractivity (Wildman–Crippen MR) is 44.0 cm³/mol. The van der Waals surface area contributed by atoms with Crippen LogP contribution in [-0.2, 0) is 9.47 Å². The Morgan fingerprint density at radius 2 is 1.64 bits per heavy atom. The molecule has 0 aliphatic rings. The maximum absolute atomic E-state index is 12.0. The molecular weight excluding hydrogens is 169 g/mol. The quantitative estimate of drug-likeness (QED) is 0.551. The fraction of sp³-hybridized carbons (Fsp3) is 1.00. The van der Waals surface area contributed by atoms with Crippen LogP contribution in [0.3, 0.4) is 0 Å². The third-order valence-electron chi connectivity index (χ3n) is 1.19. The van der Waals surface area contributed by atoms with Crippen molar-refractivity contribution in [3.63, 3.8) is 0 Å². The van der Waals surface area contributed by atoms with E-state index in [9.17, 15) is 3.89 Å². The first-order valence-corrected chi connectivity index (χ1v) is 4.04. The van der Waals surface area contributed by atoms with Crippen molar-refractivity contribution >= 4 is 12.3 Å². The average Bonchev–Trinajstić information content (AvgIpc) is 2.05. The molecule has 0 amide bonds. The summed E-state index contributed by atoms with van der Waals surface area (Å²) in [5, 5.41) is 0. The Balaban J connectivity index is 3.25. The van der Waals surface area contributed by atoms with Gasteiger partial charge >= 0.3 is 0 Å². The molecule has 0 radical (unpaired) electrons. The molecule has 0 fully saturated rings. The standard InChI is InChI=1S/C6H14FNO2S/c1-9-5-3-8(11-7)4-6-10-2/h3-6H2,1-2H3. The number of ether oxygens (including phenoxy) is 2. The van der Waals surface area contributed by atoms with Crippen LogP contribution in [0.25, 0.3) is 0 Å². The topological polar surface area (TPSA) is 21.7 Å². The summed E-state index contributed by atoms with van der Waals surface area (Å²) >= 11 is 0.223. The molecule has 0 unspecified atom stereocenters. The molecule has 0 aliphatic carbocycles. The van der Waals surface area contributed by atoms with Crippen LogP contribution in [-0.4, -0.2) is 44.8 Å². The smallest absolute Gasteiger partial charge is 0.134 e. The summed E-state index contributed by atoms with van der Waals surface area (Å²) in [6.45, 7) is 2.25. The second-order valence-electron chi connectivity index (χ2n) is 1.98. The van der Waals surface area contributed by atoms with Crippen LogP contribution in [0.15, 0.2) is 0 Å². The zero-order valence-corrected chi connectivity index (χ0v) is 7.69. The molecule has 0 aromatic rings. The van der Waals surface area contributed by atoms with Crippen molar-refractivity contribution in [3.05, 3.63) is 0 Å². The van der Waals surface area contributed by atoms with Crippen molar-refractivity contribution < 1.29 is 13.4 Å². The molecule has 0 N–H and O–H groups in total. The Hall–Kier alpha value is 0.160. The lowest BCUT2D eigenvalue weighted by atomic mass is 10.6. The summed E-state index contributed by atoms with van der Waals surface area (Å²) in [5.41, 5.74) is 0. The molecule has 0 aromatic carbocycles. The van der Waals surface area contributed by atoms with E-state index in [0.29, 0.717) is 26.3 Å². The van der Waals surface area contributed by atoms with E-state index in [-0.39, 0.29) is 12.3 Å². The van der Waals surface area contributed by atoms with E-state index in [2.05, 4.69) is 0 Å². The number of hydrogen-bond acceptors (Lipinski definition) is 4. The summed E-state index contributed by atoms with van der Waals surface area (Å²) < 4.78 is 23.2. The minimum absolute atomic E-state index is 0.223. The highest BCUT2D eigenvalue weighted by Crippen LogP contribution is 2.08. The van der Waals surface area contributed by atoms with Gasteiger partial charge in [-0.05, 0) is 0 Å². The Bertz CT molecular complexity index is 79.0. The van der Waals surface area contributed by atoms with Crippen molar-refractivity contribution in [1.82, 2.24) is 4.31 Å². The number of methoxy groups -OCH3 is 2. The lowest BCUT2D eigenvalue weighted by Crippen LogP contribution is -2.23. The van der Waals surface area contributed by atoms with Crippen LogP contribution in [0.2, 0.25) is 0 Å². The van der Waals surface area contributed by atoms with Crippen LogP contribution < -0.4 is 0 Å². The number of hydrogen-bond donors (Lipinski definition) is 0. The predicted octanol–water partition coefficient (Wildman–Crippen LogP) is 1.11. The Morgan fingerprint density at radius 3 is 1.91 bits per heavy atom. The molecule has 0 aromatic heterocycles. The molecule has 0 spiro atoms. The van der Waals surface area contributed by atoms with Gasteiger partial charge in [0.05, 0.1) is 13.2 Å². The van der Waals surface area contributed by atoms with Gasteiger partial charge in [-0.3, -0.25) is 0 Å². The molecule has 3 nitrogen and oxygen atoms in total. The van der Waals surface area contributed by atoms with E-state index in [1.807, 2.05) is 0 Å². The molecule has 5 heteroatoms. The number of rotatable bonds is 7. The van der Waals surface area contributed by atoms with E-state index >= 15 is 0 Å². The van der Waals surface area contributed by atoms with E-state index in [1.54, 1.807) is 18.5 Å². The van der Waals surface area contributed by atoms with Crippen molar-refractivity contribution in [2.75, 3.05) is 40.5 Å². The highest BCUT2D eigenvalue weighted by atomic mass is 32.2. The van der Waals surface area contributed by atoms with Crippen LogP contribution in [0.1, 0.15) is 0 Å². The van der Waals surface area contributed by atoms with Gasteiger partial charge in [-0.1, -0.05) is 0 Å². The van der Waals surface area contributed by atoms with Crippen molar-refractivity contribution in [1.29, 1.82) is 0 Å². The van der Waals surface area contributed by atoms with Gasteiger partial charge in [0.15, 0.2) is 0 Å². The summed E-state index contributed by atoms with van der Waals surface area (Å²) in [5.74, 6) is 0. The molecule has 0 heterocycles. The second-order valence-corrected chi connectivity index (χ2v) is 2.64. The monoisotopic (exact) mass is 183 g/mol. The summed E-state index contributed by atoms with van der Waals surface area (Å²) in [6.07, 6.45) is 0. The summed E-state index contributed by atoms with van der Waals surface area (Å²) in [4.78, 5) is 0. The summed E-state index contributed by atoms with van der Waals surface area (Å²) in [7, 11) is 3.19. The van der Waals surface area contributed by atoms with Gasteiger partial charge in [0.2, 0.25) is 0 Å². The van der Waals surface area contributed by atoms with Crippen LogP contribution in [0.5, 0.6) is 0 Å². The fourth-order valence-corrected chi connectivity index (χ4v) is 0.854. The highest BCUT2D eigenvalue weighted by Gasteiger charge is 2.03. The van der Waals surface area contributed by atoms with Crippen molar-refractivity contribution in [2.24, 2.45) is 0 Å². The SMILES string of the molecule is COCCN(CCOC)SF. The van der Waals surface area contributed by atoms with Gasteiger partial charge in [-0.15, -0.1) is 3.89 Å². The molecule has 11 heavy (non-hydrogen) atoms. The molecule has 0 aliphatic heterocycles. The molecule has 0 saturated heterocycles. The van der Waals surface area contributed by atoms with Crippen LogP contribution in [0, 0.1) is 0 Å². The highest BCUT2D eigenvalue weighted by molar-refractivity contribution is 7.91. The lowest BCUT2D eigenvalue weighted by Gasteiger charge is -2.14. The molecule has 0 saturated carbocycles. The minimum atomic E-state index is 0.223. The largest absolute Gasteiger partial charge is 0.383 e. The number of nitrogens with zero attached hydrogens (tertiary/aromatic N) is 1. The second kappa shape index (κ2) is 8.26. The van der Waals surface area contributed by atoms with Gasteiger partial charge in [0.25, 0.3) is 0 Å². The van der Waals surface area contributed by atoms with E-state index in [0.717, 1.165) is 0 Å². The van der Waals surface area contributed by atoms with Gasteiger partial charge in [-0.2, -0.15) is 0 Å². The molecule has 68 valence electrons. The molecule has 0 atom stereocenters. The van der Waals surface area contributed by atoms with E-state index in [1.165, 1.54) is 0 Å². The molecule has 0 bridgehead atoms. The van der Waals surface area contributed by atoms with Crippen molar-refractivity contribution in [3.8, 4) is 0 Å². The third kappa shape index (κ3) is 6.55. The van der Waals surface area contributed by atoms with Gasteiger partial charge < -0.3 is 9.47 Å². The molecular formula is C6H14FNO2S. The first-order chi connectivity index (χ1) is 5.35. The fourth-order valence-electron chi connectivity index (χ4n) is 0.567. The van der Waals surface area contributed by atoms with E-state index < -0.39 is 0 Å². The van der Waals surface area contributed by atoms with Gasteiger partial charge in [0, 0.05) is 27.3 Å². The van der Waals surface area contributed by atoms with Gasteiger partial charge in [-0.25, -0.2) is 4.31 Å². The zero-order valence-electron chi connectivity index (χ0n) is 6.88. The van der Waals surface area contributed by atoms with Crippen LogP contribution >= 0.6 is 12.3 Å². The number of halogens is 1. The van der Waals surface area contributed by atoms with E-state index in [4.69, 9.17) is 9.47 Å². The first kappa shape index (κ1) is 11.2. The third-order valence-corrected chi connectivity index (χ3v) is 1.75. The lowest BCUT2D eigenvalue weighted by molar-refractivity contribution is 0.154. The normalized spacial score (nSPS) is 10.9. The maximum atomic E-state index is 12.0. The Kier molecular flexibility index (Phi) is 8.38. The van der Waals surface area contributed by atoms with Crippen LogP contribution in [0.4, 0.5) is 3.89 Å². The first-order valence-electron chi connectivity index (χ1n) is 3.36. The summed E-state index contributed by atoms with van der Waals surface area (Å²) in [6, 6.07) is 0. The Labute approximate surface area is 71.3 Å². The maximum Gasteiger partial charge on any atom is 0.134 e. The van der Waals surface area contributed by atoms with Gasteiger partial charge in [0.1, 0.15) is 12.3 Å². The van der Waals surface area contributed by atoms with Crippen molar-refractivity contribution in [2.45, 2.75) is 0 Å². The Morgan fingerprint density at radius 1 is 1.18 bits per heavy atom. The average molecular weight is 183 g/mol. The minimum Gasteiger partial charge on any atom is -0.383 e.